The van der Waals surface area contributed by atoms with Gasteiger partial charge in [-0.15, -0.1) is 24.8 Å². The number of carbonyl (C=O) groups excluding carboxylic acids is 2. The van der Waals surface area contributed by atoms with Gasteiger partial charge >= 0.3 is 0 Å². The van der Waals surface area contributed by atoms with Crippen LogP contribution in [0.2, 0.25) is 0 Å². The quantitative estimate of drug-likeness (QED) is 0.0372. The molecule has 27 heteroatoms. The highest BCUT2D eigenvalue weighted by Crippen LogP contribution is 2.33. The highest BCUT2D eigenvalue weighted by atomic mass is 35.5. The van der Waals surface area contributed by atoms with Crippen molar-refractivity contribution in [1.29, 1.82) is 0 Å². The summed E-state index contributed by atoms with van der Waals surface area (Å²) in [5.74, 6) is 6.77. The Kier molecular flexibility index (Phi) is 33.6. The highest BCUT2D eigenvalue weighted by molar-refractivity contribution is 5.95. The first-order valence-electron chi connectivity index (χ1n) is 39.0. The monoisotopic (exact) mass is 1660 g/mol. The van der Waals surface area contributed by atoms with Gasteiger partial charge in [0.2, 0.25) is 17.8 Å². The molecule has 8 aromatic carbocycles. The van der Waals surface area contributed by atoms with Crippen molar-refractivity contribution in [2.75, 3.05) is 110 Å². The second-order valence-corrected chi connectivity index (χ2v) is 27.3. The fourth-order valence-electron chi connectivity index (χ4n) is 12.3. The molecule has 3 aliphatic rings. The van der Waals surface area contributed by atoms with Crippen LogP contribution in [-0.2, 0) is 34.0 Å². The van der Waals surface area contributed by atoms with Gasteiger partial charge in [-0.05, 0) is 128 Å². The average molecular weight is 1660 g/mol. The van der Waals surface area contributed by atoms with Crippen molar-refractivity contribution in [3.05, 3.63) is 332 Å². The third-order valence-corrected chi connectivity index (χ3v) is 18.5. The smallest absolute Gasteiger partial charge is 0.228 e. The normalized spacial score (nSPS) is 12.6. The van der Waals surface area contributed by atoms with E-state index in [2.05, 4.69) is 74.9 Å². The van der Waals surface area contributed by atoms with E-state index >= 15 is 0 Å². The number of phenolic OH excluding ortho intramolecular Hbond substituents is 2. The Hall–Kier alpha value is -14.0. The van der Waals surface area contributed by atoms with Gasteiger partial charge in [-0.1, -0.05) is 152 Å². The number of aromatic nitrogens is 9. The summed E-state index contributed by atoms with van der Waals surface area (Å²) in [6, 6.07) is 84.1. The van der Waals surface area contributed by atoms with Crippen LogP contribution in [0.25, 0.3) is 33.8 Å². The number of nitrogens with one attached hydrogen (secondary N) is 3. The number of ether oxygens (including phenoxy) is 6. The molecule has 6 aromatic heterocycles. The predicted molar refractivity (Wildman–Crippen MR) is 477 cm³/mol. The Balaban J connectivity index is 0.000000154. The molecule has 5 N–H and O–H groups in total. The lowest BCUT2D eigenvalue weighted by atomic mass is 10.1. The number of aromatic hydroxyl groups is 2. The summed E-state index contributed by atoms with van der Waals surface area (Å²) in [5, 5.41) is 28.7. The van der Waals surface area contributed by atoms with Crippen LogP contribution in [0.1, 0.15) is 51.3 Å². The van der Waals surface area contributed by atoms with Gasteiger partial charge in [0, 0.05) is 104 Å². The summed E-state index contributed by atoms with van der Waals surface area (Å²) in [6.07, 6.45) is 10.5. The Labute approximate surface area is 715 Å². The van der Waals surface area contributed by atoms with Gasteiger partial charge in [0.05, 0.1) is 92.4 Å². The van der Waals surface area contributed by atoms with Crippen LogP contribution in [-0.4, -0.2) is 146 Å². The second kappa shape index (κ2) is 46.3. The lowest BCUT2D eigenvalue weighted by Gasteiger charge is -2.27. The molecule has 0 spiro atoms. The summed E-state index contributed by atoms with van der Waals surface area (Å²) in [7, 11) is 0. The molecule has 0 atom stereocenters. The Morgan fingerprint density at radius 1 is 0.339 bits per heavy atom. The van der Waals surface area contributed by atoms with Crippen molar-refractivity contribution in [2.24, 2.45) is 0 Å². The molecule has 121 heavy (non-hydrogen) atoms. The first kappa shape index (κ1) is 87.9. The SMILES string of the molecule is CC(=O)c1cccc(O)c1.CC(=O)c1cccc(OCc2ccccc2)c1.Cl.Cl.Oc1cccc(-c2cc(Nc3cccnc3)nc(N3CCOCC3)n2)c1.c1ccc(COc2cccc(-c3cc(Nc4cccnc4)nc(N4CCOCC4)n3)c2)cc1.c1ccc(COc2cccc(-c3cc(Nc4cccnc4)nc(N4CCOCC4)n3)c2)cc1. The van der Waals surface area contributed by atoms with Crippen LogP contribution in [0.4, 0.5) is 52.4 Å². The largest absolute Gasteiger partial charge is 0.508 e. The van der Waals surface area contributed by atoms with Crippen molar-refractivity contribution < 1.29 is 48.2 Å². The predicted octanol–water partition coefficient (Wildman–Crippen LogP) is 18.1. The Bertz CT molecular complexity index is 5330. The van der Waals surface area contributed by atoms with E-state index in [0.717, 1.165) is 124 Å². The van der Waals surface area contributed by atoms with Gasteiger partial charge in [0.15, 0.2) is 11.6 Å². The lowest BCUT2D eigenvalue weighted by molar-refractivity contribution is 0.100. The third kappa shape index (κ3) is 27.8. The molecule has 0 radical (unpaired) electrons. The van der Waals surface area contributed by atoms with E-state index in [1.54, 1.807) is 86.6 Å². The number of morpholine rings is 3. The second-order valence-electron chi connectivity index (χ2n) is 27.3. The molecule has 3 aliphatic heterocycles. The van der Waals surface area contributed by atoms with Crippen LogP contribution < -0.4 is 44.9 Å². The minimum atomic E-state index is -0.0316. The fraction of sp³-hybridized carbons (Fsp3) is 0.181. The molecule has 14 aromatic rings. The number of benzene rings is 8. The summed E-state index contributed by atoms with van der Waals surface area (Å²) in [5.41, 5.74) is 12.3. The Morgan fingerprint density at radius 2 is 0.645 bits per heavy atom. The molecule has 0 saturated carbocycles. The molecule has 3 fully saturated rings. The number of anilines is 9. The molecule has 3 saturated heterocycles. The average Bonchev–Trinajstić information content (AvgIpc) is 0.823. The van der Waals surface area contributed by atoms with Crippen LogP contribution in [0, 0.1) is 0 Å². The zero-order chi connectivity index (χ0) is 82.0. The number of Topliss-reactive ketones (excluding diaryl/α,β-unsaturated/α-hetero) is 2. The van der Waals surface area contributed by atoms with E-state index in [1.807, 2.05) is 188 Å². The topological polar surface area (TPSA) is 292 Å². The minimum Gasteiger partial charge on any atom is -0.508 e. The first-order chi connectivity index (χ1) is 58.4. The zero-order valence-electron chi connectivity index (χ0n) is 66.8. The van der Waals surface area contributed by atoms with Gasteiger partial charge in [-0.2, -0.15) is 15.0 Å². The summed E-state index contributed by atoms with van der Waals surface area (Å²) in [6.45, 7) is 13.1. The molecule has 0 aliphatic carbocycles. The molecule has 0 unspecified atom stereocenters. The lowest BCUT2D eigenvalue weighted by Crippen LogP contribution is -2.37. The van der Waals surface area contributed by atoms with Gasteiger partial charge < -0.3 is 69.3 Å². The number of hydrogen-bond acceptors (Lipinski definition) is 25. The Morgan fingerprint density at radius 3 is 0.959 bits per heavy atom. The number of ketones is 2. The van der Waals surface area contributed by atoms with Crippen molar-refractivity contribution in [1.82, 2.24) is 44.9 Å². The fourth-order valence-corrected chi connectivity index (χ4v) is 12.3. The maximum Gasteiger partial charge on any atom is 0.228 e. The molecular weight excluding hydrogens is 1570 g/mol. The number of nitrogens with zero attached hydrogens (tertiary/aromatic N) is 12. The van der Waals surface area contributed by atoms with Crippen molar-refractivity contribution >= 4 is 88.7 Å². The van der Waals surface area contributed by atoms with E-state index in [0.29, 0.717) is 106 Å². The van der Waals surface area contributed by atoms with E-state index in [9.17, 15) is 14.7 Å². The molecule has 9 heterocycles. The first-order valence-corrected chi connectivity index (χ1v) is 39.0. The molecule has 618 valence electrons. The van der Waals surface area contributed by atoms with Crippen LogP contribution in [0.15, 0.2) is 304 Å². The highest BCUT2D eigenvalue weighted by Gasteiger charge is 2.21. The molecule has 0 amide bonds. The number of hydrogen-bond donors (Lipinski definition) is 5. The number of rotatable bonds is 23. The zero-order valence-corrected chi connectivity index (χ0v) is 68.5. The van der Waals surface area contributed by atoms with Crippen LogP contribution in [0.3, 0.4) is 0 Å². The number of halogens is 2. The maximum atomic E-state index is 11.2. The minimum absolute atomic E-state index is 0. The van der Waals surface area contributed by atoms with Gasteiger partial charge in [-0.3, -0.25) is 24.5 Å². The summed E-state index contributed by atoms with van der Waals surface area (Å²) in [4.78, 5) is 69.4. The van der Waals surface area contributed by atoms with Gasteiger partial charge in [0.25, 0.3) is 0 Å². The number of pyridine rings is 3. The van der Waals surface area contributed by atoms with Gasteiger partial charge in [0.1, 0.15) is 66.0 Å². The molecule has 17 rings (SSSR count). The van der Waals surface area contributed by atoms with E-state index in [-0.39, 0.29) is 47.9 Å². The summed E-state index contributed by atoms with van der Waals surface area (Å²) < 4.78 is 34.1. The van der Waals surface area contributed by atoms with Crippen molar-refractivity contribution in [3.8, 4) is 62.5 Å². The van der Waals surface area contributed by atoms with Crippen LogP contribution in [0.5, 0.6) is 28.7 Å². The van der Waals surface area contributed by atoms with E-state index in [4.69, 9.17) is 58.4 Å². The maximum absolute atomic E-state index is 11.2. The standard InChI is InChI=1S/2C26H25N5O2.C19H19N5O2.C15H14O2.C8H8O2.2ClH/c2*1-2-6-20(7-3-1)19-33-23-10-4-8-21(16-23)24-17-25(28-22-9-5-11-27-18-22)30-26(29-24)31-12-14-32-15-13-31;25-16-5-1-3-14(11-16)17-12-18(21-15-4-2-6-20-13-15)23-19(22-17)24-7-9-26-10-8-24;1-12(16)14-8-5-9-15(10-14)17-11-13-6-3-2-4-7-13;1-6(9)7-3-2-4-8(10)5-7;;/h2*1-11,16-18H,12-15,19H2,(H,28,29,30);1-6,11-13,25H,7-10H2,(H,21,22,23);2-10H,11H2,1H3;2-5,10H,1H3;2*1H. The molecule has 25 nitrogen and oxygen atoms in total. The van der Waals surface area contributed by atoms with Crippen molar-refractivity contribution in [3.63, 3.8) is 0 Å². The third-order valence-electron chi connectivity index (χ3n) is 18.5. The van der Waals surface area contributed by atoms with E-state index < -0.39 is 0 Å². The van der Waals surface area contributed by atoms with Gasteiger partial charge in [-0.25, -0.2) is 15.0 Å². The number of carbonyl (C=O) groups is 2. The van der Waals surface area contributed by atoms with Crippen LogP contribution >= 0.6 is 24.8 Å². The number of phenols is 2. The summed E-state index contributed by atoms with van der Waals surface area (Å²) >= 11 is 0. The molecule has 0 bridgehead atoms. The molecular formula is C94H93Cl2N15O10. The van der Waals surface area contributed by atoms with Crippen molar-refractivity contribution in [2.45, 2.75) is 33.7 Å². The van der Waals surface area contributed by atoms with E-state index in [1.165, 1.54) is 19.1 Å².